The number of aromatic nitrogens is 3. The van der Waals surface area contributed by atoms with Gasteiger partial charge in [0, 0.05) is 0 Å². The Morgan fingerprint density at radius 3 is 2.93 bits per heavy atom. The van der Waals surface area contributed by atoms with Gasteiger partial charge < -0.3 is 5.21 Å². The average molecular weight is 223 g/mol. The van der Waals surface area contributed by atoms with Gasteiger partial charge in [-0.1, -0.05) is 22.8 Å². The molecular weight excluding hydrogens is 216 g/mol. The topological polar surface area (TPSA) is 63.3 Å². The van der Waals surface area contributed by atoms with Crippen LogP contribution in [-0.4, -0.2) is 26.2 Å². The van der Waals surface area contributed by atoms with E-state index in [1.807, 2.05) is 0 Å². The minimum absolute atomic E-state index is 0.512. The molecule has 15 heavy (non-hydrogen) atoms. The number of hydrogen-bond acceptors (Lipinski definition) is 4. The van der Waals surface area contributed by atoms with Crippen molar-refractivity contribution in [3.8, 4) is 5.69 Å². The van der Waals surface area contributed by atoms with Crippen molar-refractivity contribution in [3.05, 3.63) is 41.4 Å². The molecule has 1 aromatic heterocycles. The third-order valence-electron chi connectivity index (χ3n) is 1.84. The molecule has 1 N–H and O–H groups in total. The van der Waals surface area contributed by atoms with Crippen LogP contribution in [0.2, 0.25) is 5.02 Å². The van der Waals surface area contributed by atoms with E-state index < -0.39 is 0 Å². The van der Waals surface area contributed by atoms with Crippen LogP contribution in [0.4, 0.5) is 0 Å². The summed E-state index contributed by atoms with van der Waals surface area (Å²) < 4.78 is 1.56. The van der Waals surface area contributed by atoms with Gasteiger partial charge >= 0.3 is 0 Å². The Morgan fingerprint density at radius 2 is 2.33 bits per heavy atom. The molecule has 0 aliphatic heterocycles. The van der Waals surface area contributed by atoms with E-state index in [-0.39, 0.29) is 0 Å². The van der Waals surface area contributed by atoms with E-state index in [0.717, 1.165) is 5.69 Å². The van der Waals surface area contributed by atoms with Gasteiger partial charge in [-0.2, -0.15) is 5.10 Å². The fourth-order valence-electron chi connectivity index (χ4n) is 1.19. The number of benzene rings is 1. The molecular formula is C9H7ClN4O. The number of hydrogen-bond donors (Lipinski definition) is 1. The number of nitrogens with zero attached hydrogens (tertiary/aromatic N) is 4. The Hall–Kier alpha value is -1.88. The maximum atomic E-state index is 8.36. The summed E-state index contributed by atoms with van der Waals surface area (Å²) in [4.78, 5) is 3.83. The molecule has 6 heteroatoms. The molecule has 2 rings (SSSR count). The second-order valence-electron chi connectivity index (χ2n) is 2.80. The normalized spacial score (nSPS) is 11.0. The number of halogens is 1. The molecule has 0 aliphatic carbocycles. The van der Waals surface area contributed by atoms with Gasteiger partial charge in [0.15, 0.2) is 0 Å². The molecule has 0 saturated heterocycles. The van der Waals surface area contributed by atoms with E-state index in [0.29, 0.717) is 10.6 Å². The van der Waals surface area contributed by atoms with Crippen LogP contribution in [0.1, 0.15) is 5.56 Å². The summed E-state index contributed by atoms with van der Waals surface area (Å²) in [6.07, 6.45) is 4.29. The molecule has 1 aromatic carbocycles. The highest BCUT2D eigenvalue weighted by Gasteiger charge is 2.03. The zero-order valence-corrected chi connectivity index (χ0v) is 8.33. The van der Waals surface area contributed by atoms with Crippen molar-refractivity contribution in [1.29, 1.82) is 0 Å². The minimum atomic E-state index is 0.512. The van der Waals surface area contributed by atoms with Crippen LogP contribution in [0.15, 0.2) is 36.0 Å². The van der Waals surface area contributed by atoms with Crippen molar-refractivity contribution >= 4 is 17.8 Å². The maximum absolute atomic E-state index is 8.36. The molecule has 0 saturated carbocycles. The van der Waals surface area contributed by atoms with Crippen molar-refractivity contribution < 1.29 is 5.21 Å². The van der Waals surface area contributed by atoms with Crippen LogP contribution in [0, 0.1) is 0 Å². The van der Waals surface area contributed by atoms with Crippen LogP contribution in [0.25, 0.3) is 5.69 Å². The third kappa shape index (κ3) is 1.97. The second kappa shape index (κ2) is 4.10. The van der Waals surface area contributed by atoms with E-state index >= 15 is 0 Å². The lowest BCUT2D eigenvalue weighted by Gasteiger charge is -2.03. The number of oxime groups is 1. The van der Waals surface area contributed by atoms with E-state index in [9.17, 15) is 0 Å². The Kier molecular flexibility index (Phi) is 2.64. The first-order valence-electron chi connectivity index (χ1n) is 4.13. The standard InChI is InChI=1S/C9H7ClN4O/c10-8-3-7(4-13-15)1-2-9(8)14-6-11-5-12-14/h1-6,15H/b13-4+. The fraction of sp³-hybridized carbons (Fsp3) is 0. The Morgan fingerprint density at radius 1 is 1.47 bits per heavy atom. The van der Waals surface area contributed by atoms with Gasteiger partial charge in [-0.15, -0.1) is 0 Å². The zero-order chi connectivity index (χ0) is 10.7. The minimum Gasteiger partial charge on any atom is -0.411 e. The van der Waals surface area contributed by atoms with Crippen LogP contribution in [-0.2, 0) is 0 Å². The van der Waals surface area contributed by atoms with E-state index in [1.54, 1.807) is 29.2 Å². The highest BCUT2D eigenvalue weighted by molar-refractivity contribution is 6.32. The molecule has 0 amide bonds. The molecule has 1 heterocycles. The molecule has 0 fully saturated rings. The molecule has 76 valence electrons. The smallest absolute Gasteiger partial charge is 0.138 e. The molecule has 0 spiro atoms. The second-order valence-corrected chi connectivity index (χ2v) is 3.20. The van der Waals surface area contributed by atoms with Crippen LogP contribution in [0.5, 0.6) is 0 Å². The van der Waals surface area contributed by atoms with E-state index in [1.165, 1.54) is 12.5 Å². The summed E-state index contributed by atoms with van der Waals surface area (Å²) in [7, 11) is 0. The monoisotopic (exact) mass is 222 g/mol. The molecule has 0 unspecified atom stereocenters. The summed E-state index contributed by atoms with van der Waals surface area (Å²) in [6.45, 7) is 0. The van der Waals surface area contributed by atoms with Crippen molar-refractivity contribution in [2.45, 2.75) is 0 Å². The molecule has 5 nitrogen and oxygen atoms in total. The van der Waals surface area contributed by atoms with Gasteiger partial charge in [0.05, 0.1) is 16.9 Å². The number of rotatable bonds is 2. The summed E-state index contributed by atoms with van der Waals surface area (Å²) >= 11 is 6.02. The fourth-order valence-corrected chi connectivity index (χ4v) is 1.46. The van der Waals surface area contributed by atoms with Gasteiger partial charge in [-0.3, -0.25) is 0 Å². The van der Waals surface area contributed by atoms with Crippen molar-refractivity contribution in [3.63, 3.8) is 0 Å². The first-order chi connectivity index (χ1) is 7.31. The van der Waals surface area contributed by atoms with Crippen molar-refractivity contribution in [2.75, 3.05) is 0 Å². The summed E-state index contributed by atoms with van der Waals surface area (Å²) in [5.74, 6) is 0. The van der Waals surface area contributed by atoms with Gasteiger partial charge in [-0.05, 0) is 17.7 Å². The summed E-state index contributed by atoms with van der Waals surface area (Å²) in [5.41, 5.74) is 1.44. The van der Waals surface area contributed by atoms with E-state index in [4.69, 9.17) is 16.8 Å². The van der Waals surface area contributed by atoms with Gasteiger partial charge in [0.1, 0.15) is 12.7 Å². The Bertz CT molecular complexity index is 481. The first-order valence-corrected chi connectivity index (χ1v) is 4.51. The zero-order valence-electron chi connectivity index (χ0n) is 7.58. The van der Waals surface area contributed by atoms with Crippen LogP contribution >= 0.6 is 11.6 Å². The predicted molar refractivity (Wildman–Crippen MR) is 55.7 cm³/mol. The summed E-state index contributed by atoms with van der Waals surface area (Å²) in [5, 5.41) is 15.8. The van der Waals surface area contributed by atoms with E-state index in [2.05, 4.69) is 15.2 Å². The van der Waals surface area contributed by atoms with Crippen molar-refractivity contribution in [2.24, 2.45) is 5.16 Å². The summed E-state index contributed by atoms with van der Waals surface area (Å²) in [6, 6.07) is 5.22. The molecule has 0 bridgehead atoms. The average Bonchev–Trinajstić information content (AvgIpc) is 2.71. The Balaban J connectivity index is 2.43. The first kappa shape index (κ1) is 9.67. The lowest BCUT2D eigenvalue weighted by Crippen LogP contribution is -1.96. The molecule has 0 aliphatic rings. The van der Waals surface area contributed by atoms with Gasteiger partial charge in [0.25, 0.3) is 0 Å². The maximum Gasteiger partial charge on any atom is 0.138 e. The lowest BCUT2D eigenvalue weighted by atomic mass is 10.2. The van der Waals surface area contributed by atoms with Gasteiger partial charge in [-0.25, -0.2) is 9.67 Å². The highest BCUT2D eigenvalue weighted by atomic mass is 35.5. The Labute approximate surface area is 90.6 Å². The predicted octanol–water partition coefficient (Wildman–Crippen LogP) is 1.73. The molecule has 0 atom stereocenters. The highest BCUT2D eigenvalue weighted by Crippen LogP contribution is 2.20. The SMILES string of the molecule is O/N=C/c1ccc(-n2cncn2)c(Cl)c1. The van der Waals surface area contributed by atoms with Crippen LogP contribution < -0.4 is 0 Å². The largest absolute Gasteiger partial charge is 0.411 e. The molecule has 2 aromatic rings. The van der Waals surface area contributed by atoms with Crippen LogP contribution in [0.3, 0.4) is 0 Å². The van der Waals surface area contributed by atoms with Crippen molar-refractivity contribution in [1.82, 2.24) is 14.8 Å². The quantitative estimate of drug-likeness (QED) is 0.478. The lowest BCUT2D eigenvalue weighted by molar-refractivity contribution is 0.322. The van der Waals surface area contributed by atoms with Gasteiger partial charge in [0.2, 0.25) is 0 Å². The third-order valence-corrected chi connectivity index (χ3v) is 2.15. The molecule has 0 radical (unpaired) electrons.